The fourth-order valence-corrected chi connectivity index (χ4v) is 3.73. The molecule has 0 radical (unpaired) electrons. The van der Waals surface area contributed by atoms with E-state index in [9.17, 15) is 0 Å². The Bertz CT molecular complexity index is 1130. The molecule has 0 aliphatic carbocycles. The van der Waals surface area contributed by atoms with Gasteiger partial charge in [0.25, 0.3) is 0 Å². The molecular formula is C27H39N3. The molecule has 4 rings (SSSR count). The summed E-state index contributed by atoms with van der Waals surface area (Å²) in [5, 5.41) is 1.20. The van der Waals surface area contributed by atoms with Crippen LogP contribution in [-0.2, 0) is 10.8 Å². The van der Waals surface area contributed by atoms with Crippen LogP contribution in [0.5, 0.6) is 0 Å². The summed E-state index contributed by atoms with van der Waals surface area (Å²) in [4.78, 5) is 10.2. The zero-order chi connectivity index (χ0) is 22.7. The monoisotopic (exact) mass is 405 g/mol. The van der Waals surface area contributed by atoms with Crippen LogP contribution in [0.3, 0.4) is 0 Å². The van der Waals surface area contributed by atoms with Crippen molar-refractivity contribution in [1.29, 1.82) is 0 Å². The highest BCUT2D eigenvalue weighted by Crippen LogP contribution is 2.39. The molecule has 0 N–H and O–H groups in total. The predicted octanol–water partition coefficient (Wildman–Crippen LogP) is 8.07. The van der Waals surface area contributed by atoms with Crippen LogP contribution in [-0.4, -0.2) is 14.4 Å². The lowest BCUT2D eigenvalue weighted by Crippen LogP contribution is -2.18. The standard InChI is InChI=1S/C23H27N3.2C2H6/c1-7-23(5,6)15-11-10-12-16-18(15)19-20(21(24-16)22(2,3)4)26-14-9-8-13-17(26)25-19;2*1-2/h8-14H,7H2,1-6H3;2*1-2H3. The van der Waals surface area contributed by atoms with E-state index >= 15 is 0 Å². The maximum Gasteiger partial charge on any atom is 0.137 e. The van der Waals surface area contributed by atoms with Crippen molar-refractivity contribution in [3.8, 4) is 0 Å². The van der Waals surface area contributed by atoms with Crippen LogP contribution >= 0.6 is 0 Å². The Morgan fingerprint density at radius 1 is 0.833 bits per heavy atom. The lowest BCUT2D eigenvalue weighted by atomic mass is 9.79. The summed E-state index contributed by atoms with van der Waals surface area (Å²) < 4.78 is 2.19. The molecule has 162 valence electrons. The second-order valence-electron chi connectivity index (χ2n) is 8.89. The van der Waals surface area contributed by atoms with Crippen molar-refractivity contribution in [2.45, 2.75) is 86.5 Å². The minimum absolute atomic E-state index is 0.0610. The first-order chi connectivity index (χ1) is 14.2. The highest BCUT2D eigenvalue weighted by atomic mass is 15.0. The van der Waals surface area contributed by atoms with Gasteiger partial charge in [-0.2, -0.15) is 0 Å². The Morgan fingerprint density at radius 2 is 1.50 bits per heavy atom. The molecular weight excluding hydrogens is 366 g/mol. The van der Waals surface area contributed by atoms with Gasteiger partial charge in [0.15, 0.2) is 0 Å². The summed E-state index contributed by atoms with van der Waals surface area (Å²) in [6.07, 6.45) is 3.17. The minimum atomic E-state index is -0.0610. The molecule has 0 aliphatic rings. The van der Waals surface area contributed by atoms with Crippen molar-refractivity contribution >= 4 is 27.6 Å². The Labute approximate surface area is 182 Å². The minimum Gasteiger partial charge on any atom is -0.298 e. The largest absolute Gasteiger partial charge is 0.298 e. The average molecular weight is 406 g/mol. The van der Waals surface area contributed by atoms with E-state index in [0.29, 0.717) is 0 Å². The Kier molecular flexibility index (Phi) is 7.28. The van der Waals surface area contributed by atoms with Gasteiger partial charge >= 0.3 is 0 Å². The van der Waals surface area contributed by atoms with Gasteiger partial charge in [-0.05, 0) is 35.6 Å². The first kappa shape index (κ1) is 23.9. The molecule has 4 aromatic rings. The molecule has 0 bridgehead atoms. The number of imidazole rings is 1. The first-order valence-corrected chi connectivity index (χ1v) is 11.4. The second kappa shape index (κ2) is 9.16. The van der Waals surface area contributed by atoms with Crippen LogP contribution in [0.4, 0.5) is 0 Å². The van der Waals surface area contributed by atoms with E-state index in [2.05, 4.69) is 82.5 Å². The molecule has 0 amide bonds. The molecule has 0 spiro atoms. The van der Waals surface area contributed by atoms with E-state index in [1.807, 2.05) is 33.8 Å². The molecule has 1 aromatic carbocycles. The van der Waals surface area contributed by atoms with Gasteiger partial charge in [-0.3, -0.25) is 4.40 Å². The fraction of sp³-hybridized carbons (Fsp3) is 0.481. The van der Waals surface area contributed by atoms with Gasteiger partial charge < -0.3 is 0 Å². The summed E-state index contributed by atoms with van der Waals surface area (Å²) in [5.41, 5.74) is 6.69. The van der Waals surface area contributed by atoms with Crippen molar-refractivity contribution in [1.82, 2.24) is 14.4 Å². The third kappa shape index (κ3) is 4.08. The molecule has 0 atom stereocenters. The van der Waals surface area contributed by atoms with Gasteiger partial charge in [-0.1, -0.05) is 87.4 Å². The van der Waals surface area contributed by atoms with E-state index in [1.165, 1.54) is 10.9 Å². The molecule has 3 aromatic heterocycles. The van der Waals surface area contributed by atoms with Gasteiger partial charge in [0.2, 0.25) is 0 Å². The van der Waals surface area contributed by atoms with Crippen LogP contribution < -0.4 is 0 Å². The zero-order valence-corrected chi connectivity index (χ0v) is 20.6. The second-order valence-corrected chi connectivity index (χ2v) is 8.89. The Hall–Kier alpha value is -2.42. The number of hydrogen-bond donors (Lipinski definition) is 0. The number of pyridine rings is 2. The van der Waals surface area contributed by atoms with Crippen molar-refractivity contribution in [3.05, 3.63) is 53.9 Å². The summed E-state index contributed by atoms with van der Waals surface area (Å²) in [6, 6.07) is 12.7. The number of benzene rings is 1. The van der Waals surface area contributed by atoms with Gasteiger partial charge in [0.1, 0.15) is 11.2 Å². The third-order valence-corrected chi connectivity index (χ3v) is 5.59. The summed E-state index contributed by atoms with van der Waals surface area (Å²) in [7, 11) is 0. The molecule has 0 fully saturated rings. The predicted molar refractivity (Wildman–Crippen MR) is 133 cm³/mol. The fourth-order valence-electron chi connectivity index (χ4n) is 3.73. The van der Waals surface area contributed by atoms with Crippen LogP contribution in [0.15, 0.2) is 42.6 Å². The van der Waals surface area contributed by atoms with Gasteiger partial charge in [0, 0.05) is 17.0 Å². The van der Waals surface area contributed by atoms with Crippen molar-refractivity contribution in [2.75, 3.05) is 0 Å². The van der Waals surface area contributed by atoms with Gasteiger partial charge in [-0.15, -0.1) is 0 Å². The van der Waals surface area contributed by atoms with Crippen molar-refractivity contribution < 1.29 is 0 Å². The van der Waals surface area contributed by atoms with Gasteiger partial charge in [0.05, 0.1) is 16.7 Å². The van der Waals surface area contributed by atoms with Gasteiger partial charge in [-0.25, -0.2) is 9.97 Å². The maximum absolute atomic E-state index is 5.14. The maximum atomic E-state index is 5.14. The smallest absolute Gasteiger partial charge is 0.137 e. The normalized spacial score (nSPS) is 11.8. The summed E-state index contributed by atoms with van der Waals surface area (Å²) in [5.74, 6) is 0. The average Bonchev–Trinajstić information content (AvgIpc) is 3.14. The quantitative estimate of drug-likeness (QED) is 0.337. The zero-order valence-electron chi connectivity index (χ0n) is 20.6. The van der Waals surface area contributed by atoms with Crippen LogP contribution in [0, 0.1) is 0 Å². The summed E-state index contributed by atoms with van der Waals surface area (Å²) in [6.45, 7) is 21.5. The van der Waals surface area contributed by atoms with Crippen molar-refractivity contribution in [2.24, 2.45) is 0 Å². The van der Waals surface area contributed by atoms with E-state index < -0.39 is 0 Å². The Morgan fingerprint density at radius 3 is 2.10 bits per heavy atom. The SMILES string of the molecule is CC.CC.CCC(C)(C)c1cccc2nc(C(C)(C)C)c3c(nc4ccccn43)c12. The molecule has 0 aliphatic heterocycles. The van der Waals surface area contributed by atoms with E-state index in [4.69, 9.17) is 9.97 Å². The van der Waals surface area contributed by atoms with Crippen LogP contribution in [0.1, 0.15) is 86.9 Å². The number of rotatable bonds is 2. The molecule has 0 saturated carbocycles. The number of nitrogens with zero attached hydrogens (tertiary/aromatic N) is 3. The highest BCUT2D eigenvalue weighted by molar-refractivity contribution is 6.07. The van der Waals surface area contributed by atoms with Crippen molar-refractivity contribution in [3.63, 3.8) is 0 Å². The number of fused-ring (bicyclic) bond motifs is 5. The van der Waals surface area contributed by atoms with E-state index in [1.54, 1.807) is 0 Å². The molecule has 0 unspecified atom stereocenters. The topological polar surface area (TPSA) is 30.2 Å². The van der Waals surface area contributed by atoms with Crippen LogP contribution in [0.25, 0.3) is 27.6 Å². The molecule has 3 heteroatoms. The van der Waals surface area contributed by atoms with Crippen LogP contribution in [0.2, 0.25) is 0 Å². The van der Waals surface area contributed by atoms with E-state index in [-0.39, 0.29) is 10.8 Å². The number of aromatic nitrogens is 3. The highest BCUT2D eigenvalue weighted by Gasteiger charge is 2.28. The molecule has 30 heavy (non-hydrogen) atoms. The first-order valence-electron chi connectivity index (χ1n) is 11.4. The Balaban J connectivity index is 0.000000757. The lowest BCUT2D eigenvalue weighted by Gasteiger charge is -2.26. The molecule has 0 saturated heterocycles. The van der Waals surface area contributed by atoms with E-state index in [0.717, 1.165) is 34.3 Å². The summed E-state index contributed by atoms with van der Waals surface area (Å²) >= 11 is 0. The third-order valence-electron chi connectivity index (χ3n) is 5.59. The lowest BCUT2D eigenvalue weighted by molar-refractivity contribution is 0.511. The number of hydrogen-bond acceptors (Lipinski definition) is 2. The molecule has 3 heterocycles. The molecule has 3 nitrogen and oxygen atoms in total.